The molecule has 7 rings (SSSR count). The average Bonchev–Trinajstić information content (AvgIpc) is 3.34. The van der Waals surface area contributed by atoms with Gasteiger partial charge in [0.2, 0.25) is 11.9 Å². The summed E-state index contributed by atoms with van der Waals surface area (Å²) in [5, 5.41) is 12.1. The molecule has 29 nitrogen and oxygen atoms in total. The van der Waals surface area contributed by atoms with Gasteiger partial charge in [0.1, 0.15) is 9.79 Å². The summed E-state index contributed by atoms with van der Waals surface area (Å²) in [5.74, 6) is -0.440. The Balaban J connectivity index is 0.997. The molecule has 0 aliphatic carbocycles. The third-order valence-electron chi connectivity index (χ3n) is 10.6. The number of aliphatic imine (C=N–C) groups is 2. The first-order valence-corrected chi connectivity index (χ1v) is 29.3. The number of hydrogen-bond acceptors (Lipinski definition) is 24. The van der Waals surface area contributed by atoms with Crippen LogP contribution in [0, 0.1) is 13.8 Å². The third-order valence-corrected chi connectivity index (χ3v) is 14.8. The number of anilines is 10. The van der Waals surface area contributed by atoms with Gasteiger partial charge in [-0.05, 0) is 146 Å². The van der Waals surface area contributed by atoms with E-state index in [1.165, 1.54) is 48.5 Å². The van der Waals surface area contributed by atoms with Crippen molar-refractivity contribution in [2.24, 2.45) is 9.98 Å². The third kappa shape index (κ3) is 16.2. The fourth-order valence-corrected chi connectivity index (χ4v) is 9.52. The van der Waals surface area contributed by atoms with Crippen molar-refractivity contribution < 1.29 is 64.9 Å². The molecule has 77 heavy (non-hydrogen) atoms. The summed E-state index contributed by atoms with van der Waals surface area (Å²) in [7, 11) is -22.7. The monoisotopic (exact) mass is 1160 g/mol. The van der Waals surface area contributed by atoms with E-state index >= 15 is 0 Å². The van der Waals surface area contributed by atoms with Crippen LogP contribution in [0.2, 0.25) is 0 Å². The minimum absolute atomic E-state index is 0.0302. The van der Waals surface area contributed by atoms with Crippen LogP contribution in [0.15, 0.2) is 151 Å². The van der Waals surface area contributed by atoms with Crippen molar-refractivity contribution in [2.45, 2.75) is 39.7 Å². The Kier molecular flexibility index (Phi) is 17.0. The average molecular weight is 1160 g/mol. The summed E-state index contributed by atoms with van der Waals surface area (Å²) in [6.07, 6.45) is -0.973. The van der Waals surface area contributed by atoms with Gasteiger partial charge in [-0.3, -0.25) is 38.9 Å². The van der Waals surface area contributed by atoms with Crippen molar-refractivity contribution in [1.82, 2.24) is 10.6 Å². The SMILES string of the molecule is Cc1cc(NC2=NC(NCCS(=O)(=O)O)NC(Nc3ccc(NNc4ccc(NNc5ccc(S(=O)(=O)O)cc5)cc4S(=O)(=O)O)c(C)c3)=N2)ccc1NNc1ccc(NNc2ccc(S(=O)(=O)O)cc2)cc1S(=O)(=O)O. The van der Waals surface area contributed by atoms with Gasteiger partial charge in [0.05, 0.1) is 61.0 Å². The van der Waals surface area contributed by atoms with E-state index in [0.717, 1.165) is 36.4 Å². The zero-order valence-electron chi connectivity index (χ0n) is 39.8. The quantitative estimate of drug-likeness (QED) is 0.0325. The predicted octanol–water partition coefficient (Wildman–Crippen LogP) is 4.65. The van der Waals surface area contributed by atoms with Gasteiger partial charge in [-0.1, -0.05) is 0 Å². The lowest BCUT2D eigenvalue weighted by Gasteiger charge is -2.25. The minimum atomic E-state index is -4.78. The van der Waals surface area contributed by atoms with Gasteiger partial charge in [-0.15, -0.1) is 0 Å². The highest BCUT2D eigenvalue weighted by Crippen LogP contribution is 2.29. The maximum Gasteiger partial charge on any atom is 0.296 e. The van der Waals surface area contributed by atoms with Crippen LogP contribution in [0.25, 0.3) is 0 Å². The number of hydrogen-bond donors (Lipinski definition) is 17. The minimum Gasteiger partial charge on any atom is -0.326 e. The number of nitrogens with one attached hydrogen (secondary N) is 12. The van der Waals surface area contributed by atoms with E-state index in [1.54, 1.807) is 50.2 Å². The van der Waals surface area contributed by atoms with Gasteiger partial charge in [-0.25, -0.2) is 4.99 Å². The highest BCUT2D eigenvalue weighted by atomic mass is 32.2. The molecule has 1 heterocycles. The van der Waals surface area contributed by atoms with Crippen molar-refractivity contribution in [2.75, 3.05) is 66.3 Å². The van der Waals surface area contributed by atoms with Crippen LogP contribution in [0.4, 0.5) is 56.9 Å². The van der Waals surface area contributed by atoms with E-state index in [4.69, 9.17) is 0 Å². The van der Waals surface area contributed by atoms with Gasteiger partial charge in [0.25, 0.3) is 50.6 Å². The summed E-state index contributed by atoms with van der Waals surface area (Å²) in [6, 6.07) is 28.0. The van der Waals surface area contributed by atoms with E-state index in [-0.39, 0.29) is 51.0 Å². The second-order valence-corrected chi connectivity index (χ2v) is 23.6. The molecule has 6 aromatic rings. The van der Waals surface area contributed by atoms with Crippen molar-refractivity contribution in [3.63, 3.8) is 0 Å². The number of benzene rings is 6. The van der Waals surface area contributed by atoms with Crippen LogP contribution in [0.1, 0.15) is 11.1 Å². The fraction of sp³-hybridized carbons (Fsp3) is 0.116. The Morgan fingerprint density at radius 1 is 0.442 bits per heavy atom. The molecule has 6 aromatic carbocycles. The van der Waals surface area contributed by atoms with Crippen LogP contribution in [0.5, 0.6) is 0 Å². The first-order valence-electron chi connectivity index (χ1n) is 21.9. The summed E-state index contributed by atoms with van der Waals surface area (Å²) in [4.78, 5) is 7.33. The van der Waals surface area contributed by atoms with E-state index in [1.807, 2.05) is 0 Å². The van der Waals surface area contributed by atoms with E-state index in [9.17, 15) is 64.9 Å². The molecule has 0 fully saturated rings. The smallest absolute Gasteiger partial charge is 0.296 e. The van der Waals surface area contributed by atoms with Gasteiger partial charge < -0.3 is 48.5 Å². The first kappa shape index (κ1) is 56.7. The van der Waals surface area contributed by atoms with Crippen LogP contribution in [-0.2, 0) is 50.6 Å². The van der Waals surface area contributed by atoms with Crippen molar-refractivity contribution in [1.29, 1.82) is 0 Å². The largest absolute Gasteiger partial charge is 0.326 e. The lowest BCUT2D eigenvalue weighted by Crippen LogP contribution is -2.51. The normalized spacial score (nSPS) is 13.9. The molecule has 0 saturated carbocycles. The Morgan fingerprint density at radius 3 is 1.22 bits per heavy atom. The molecule has 0 radical (unpaired) electrons. The van der Waals surface area contributed by atoms with Crippen LogP contribution >= 0.6 is 0 Å². The second kappa shape index (κ2) is 23.1. The summed E-state index contributed by atoms with van der Waals surface area (Å²) in [5.41, 5.74) is 26.6. The van der Waals surface area contributed by atoms with Gasteiger partial charge in [0.15, 0.2) is 6.29 Å². The van der Waals surface area contributed by atoms with Crippen LogP contribution in [-0.4, -0.2) is 95.4 Å². The van der Waals surface area contributed by atoms with Gasteiger partial charge in [-0.2, -0.15) is 47.1 Å². The second-order valence-electron chi connectivity index (χ2n) is 16.4. The molecule has 0 saturated heterocycles. The lowest BCUT2D eigenvalue weighted by molar-refractivity contribution is 0.469. The molecule has 1 aliphatic heterocycles. The Morgan fingerprint density at radius 2 is 0.818 bits per heavy atom. The molecule has 410 valence electrons. The molecule has 1 atom stereocenters. The number of aryl methyl sites for hydroxylation is 2. The highest BCUT2D eigenvalue weighted by Gasteiger charge is 2.22. The molecule has 0 amide bonds. The zero-order chi connectivity index (χ0) is 55.9. The van der Waals surface area contributed by atoms with Crippen molar-refractivity contribution >= 4 is 119 Å². The summed E-state index contributed by atoms with van der Waals surface area (Å²) >= 11 is 0. The van der Waals surface area contributed by atoms with Crippen LogP contribution in [0.3, 0.4) is 0 Å². The van der Waals surface area contributed by atoms with Crippen molar-refractivity contribution in [3.05, 3.63) is 132 Å². The molecule has 17 N–H and O–H groups in total. The topological polar surface area (TPSA) is 441 Å². The van der Waals surface area contributed by atoms with Gasteiger partial charge >= 0.3 is 0 Å². The Hall–Kier alpha value is -8.03. The Bertz CT molecular complexity index is 3840. The molecule has 1 unspecified atom stereocenters. The van der Waals surface area contributed by atoms with E-state index in [0.29, 0.717) is 45.3 Å². The highest BCUT2D eigenvalue weighted by molar-refractivity contribution is 7.87. The van der Waals surface area contributed by atoms with Crippen LogP contribution < -0.4 is 64.7 Å². The number of nitrogens with zero attached hydrogens (tertiary/aromatic N) is 2. The Labute approximate surface area is 441 Å². The van der Waals surface area contributed by atoms with E-state index < -0.39 is 72.4 Å². The molecule has 0 spiro atoms. The maximum absolute atomic E-state index is 12.4. The standard InChI is InChI=1S/C43H48N14O15S5/c1-25-21-29(7-15-35(25)54-56-37-17-9-31(23-39(37)76(67,68)69)52-50-27-3-11-33(12-4-27)74(61,62)63)45-42-47-41(44-19-20-73(58,59)60)48-43(49-42)46-30-8-16-36(26(2)22-30)55-57-38-18-10-32(24-40(38)77(70,71)72)53-51-28-5-13-34(14-6-28)75(64,65)66/h3-18,21-24,41,44,50-57H,19-20H2,1-2H3,(H,58,59,60)(H,61,62,63)(H,64,65,66)(H,67,68,69)(H,70,71,72)(H3,45,46,47,48,49). The molecule has 34 heteroatoms. The number of hydrazine groups is 4. The maximum atomic E-state index is 12.4. The fourth-order valence-electron chi connectivity index (χ4n) is 6.84. The number of guanidine groups is 2. The molecule has 0 aromatic heterocycles. The molecular formula is C43H48N14O15S5. The molecule has 0 bridgehead atoms. The van der Waals surface area contributed by atoms with Gasteiger partial charge in [0, 0.05) is 17.9 Å². The summed E-state index contributed by atoms with van der Waals surface area (Å²) < 4.78 is 166. The number of rotatable bonds is 22. The first-order chi connectivity index (χ1) is 36.1. The molecule has 1 aliphatic rings. The van der Waals surface area contributed by atoms with Crippen molar-refractivity contribution in [3.8, 4) is 0 Å². The zero-order valence-corrected chi connectivity index (χ0v) is 43.9. The summed E-state index contributed by atoms with van der Waals surface area (Å²) in [6.45, 7) is 3.26. The lowest BCUT2D eigenvalue weighted by atomic mass is 10.2. The van der Waals surface area contributed by atoms with E-state index in [2.05, 4.69) is 74.7 Å². The predicted molar refractivity (Wildman–Crippen MR) is 290 cm³/mol. The molecular weight excluding hydrogens is 1110 g/mol.